The van der Waals surface area contributed by atoms with Crippen molar-refractivity contribution in [3.05, 3.63) is 30.0 Å². The quantitative estimate of drug-likeness (QED) is 0.906. The summed E-state index contributed by atoms with van der Waals surface area (Å²) >= 11 is 0. The molecule has 1 aliphatic heterocycles. The third-order valence-corrected chi connectivity index (χ3v) is 3.88. The molecule has 0 bridgehead atoms. The molecule has 0 spiro atoms. The summed E-state index contributed by atoms with van der Waals surface area (Å²) in [5, 5.41) is 8.89. The first kappa shape index (κ1) is 12.4. The topological polar surface area (TPSA) is 46.9 Å². The van der Waals surface area contributed by atoms with Crippen molar-refractivity contribution >= 4 is 16.7 Å². The van der Waals surface area contributed by atoms with E-state index in [2.05, 4.69) is 10.4 Å². The zero-order chi connectivity index (χ0) is 13.2. The average molecular weight is 257 g/mol. The molecule has 0 amide bonds. The number of nitrogens with zero attached hydrogens (tertiary/aromatic N) is 2. The first-order chi connectivity index (χ1) is 9.24. The van der Waals surface area contributed by atoms with E-state index in [-0.39, 0.29) is 0 Å². The van der Waals surface area contributed by atoms with E-state index in [9.17, 15) is 4.79 Å². The number of aromatic nitrogens is 2. The second-order valence-corrected chi connectivity index (χ2v) is 5.37. The van der Waals surface area contributed by atoms with E-state index in [1.807, 2.05) is 36.0 Å². The van der Waals surface area contributed by atoms with Gasteiger partial charge in [-0.05, 0) is 31.5 Å². The summed E-state index contributed by atoms with van der Waals surface area (Å²) in [6, 6.07) is 8.08. The molecule has 1 aromatic heterocycles. The number of carbonyl (C=O) groups is 1. The number of fused-ring (bicyclic) bond motifs is 1. The lowest BCUT2D eigenvalue weighted by Crippen LogP contribution is -2.14. The molecule has 3 rings (SSSR count). The van der Waals surface area contributed by atoms with Crippen molar-refractivity contribution in [2.75, 3.05) is 13.1 Å². The molecule has 1 fully saturated rings. The molecule has 1 aliphatic rings. The van der Waals surface area contributed by atoms with Crippen LogP contribution in [0.15, 0.2) is 24.3 Å². The van der Waals surface area contributed by atoms with Gasteiger partial charge in [-0.1, -0.05) is 18.2 Å². The second kappa shape index (κ2) is 5.13. The van der Waals surface area contributed by atoms with E-state index in [4.69, 9.17) is 0 Å². The maximum Gasteiger partial charge on any atom is 0.139 e. The van der Waals surface area contributed by atoms with Crippen molar-refractivity contribution < 1.29 is 4.79 Å². The van der Waals surface area contributed by atoms with Crippen LogP contribution in [0.25, 0.3) is 10.9 Å². The molecule has 4 nitrogen and oxygen atoms in total. The Morgan fingerprint density at radius 2 is 2.32 bits per heavy atom. The van der Waals surface area contributed by atoms with Crippen LogP contribution in [0.2, 0.25) is 0 Å². The normalized spacial score (nSPS) is 19.1. The van der Waals surface area contributed by atoms with Gasteiger partial charge in [-0.2, -0.15) is 5.10 Å². The van der Waals surface area contributed by atoms with Crippen LogP contribution < -0.4 is 5.32 Å². The fraction of sp³-hybridized carbons (Fsp3) is 0.467. The van der Waals surface area contributed by atoms with Crippen molar-refractivity contribution in [2.24, 2.45) is 13.0 Å². The van der Waals surface area contributed by atoms with E-state index >= 15 is 0 Å². The Labute approximate surface area is 112 Å². The predicted molar refractivity (Wildman–Crippen MR) is 75.0 cm³/mol. The fourth-order valence-corrected chi connectivity index (χ4v) is 2.89. The van der Waals surface area contributed by atoms with Gasteiger partial charge in [-0.25, -0.2) is 0 Å². The number of para-hydroxylation sites is 1. The van der Waals surface area contributed by atoms with Crippen LogP contribution in [0.5, 0.6) is 0 Å². The minimum atomic E-state index is 0.303. The van der Waals surface area contributed by atoms with Gasteiger partial charge < -0.3 is 5.32 Å². The molecule has 1 unspecified atom stereocenters. The lowest BCUT2D eigenvalue weighted by molar-refractivity contribution is -0.119. The van der Waals surface area contributed by atoms with E-state index in [1.54, 1.807) is 0 Å². The highest BCUT2D eigenvalue weighted by atomic mass is 16.1. The molecule has 2 heterocycles. The van der Waals surface area contributed by atoms with Gasteiger partial charge in [0.05, 0.1) is 17.6 Å². The van der Waals surface area contributed by atoms with Gasteiger partial charge in [0.2, 0.25) is 0 Å². The minimum Gasteiger partial charge on any atom is -0.316 e. The monoisotopic (exact) mass is 257 g/mol. The number of nitrogens with one attached hydrogen (secondary N) is 1. The molecule has 1 atom stereocenters. The number of rotatable bonds is 4. The standard InChI is InChI=1S/C15H19N3O/c1-18-15-5-3-2-4-13(15)14(17-18)9-12(19)8-11-6-7-16-10-11/h2-5,11,16H,6-10H2,1H3. The smallest absolute Gasteiger partial charge is 0.139 e. The lowest BCUT2D eigenvalue weighted by Gasteiger charge is -2.05. The second-order valence-electron chi connectivity index (χ2n) is 5.37. The van der Waals surface area contributed by atoms with Crippen LogP contribution in [0.1, 0.15) is 18.5 Å². The maximum atomic E-state index is 12.1. The maximum absolute atomic E-state index is 12.1. The molecular formula is C15H19N3O. The summed E-state index contributed by atoms with van der Waals surface area (Å²) in [5.74, 6) is 0.819. The Bertz CT molecular complexity index is 596. The lowest BCUT2D eigenvalue weighted by atomic mass is 9.99. The van der Waals surface area contributed by atoms with Crippen LogP contribution in [0.4, 0.5) is 0 Å². The zero-order valence-electron chi connectivity index (χ0n) is 11.2. The van der Waals surface area contributed by atoms with Gasteiger partial charge in [0.15, 0.2) is 0 Å². The molecule has 0 saturated carbocycles. The summed E-state index contributed by atoms with van der Waals surface area (Å²) in [4.78, 5) is 12.1. The van der Waals surface area contributed by atoms with Gasteiger partial charge >= 0.3 is 0 Å². The highest BCUT2D eigenvalue weighted by Crippen LogP contribution is 2.20. The minimum absolute atomic E-state index is 0.303. The van der Waals surface area contributed by atoms with Crippen molar-refractivity contribution in [1.29, 1.82) is 0 Å². The average Bonchev–Trinajstić information content (AvgIpc) is 3.00. The third-order valence-electron chi connectivity index (χ3n) is 3.88. The Hall–Kier alpha value is -1.68. The van der Waals surface area contributed by atoms with Gasteiger partial charge in [-0.15, -0.1) is 0 Å². The van der Waals surface area contributed by atoms with E-state index in [1.165, 1.54) is 0 Å². The zero-order valence-corrected chi connectivity index (χ0v) is 11.2. The van der Waals surface area contributed by atoms with Crippen molar-refractivity contribution in [1.82, 2.24) is 15.1 Å². The van der Waals surface area contributed by atoms with Gasteiger partial charge in [-0.3, -0.25) is 9.48 Å². The molecule has 2 aromatic rings. The number of ketones is 1. The molecule has 0 aliphatic carbocycles. The van der Waals surface area contributed by atoms with Crippen molar-refractivity contribution in [3.8, 4) is 0 Å². The molecule has 1 aromatic carbocycles. The summed E-state index contributed by atoms with van der Waals surface area (Å²) in [6.45, 7) is 2.03. The third kappa shape index (κ3) is 2.54. The number of benzene rings is 1. The molecule has 0 radical (unpaired) electrons. The predicted octanol–water partition coefficient (Wildman–Crippen LogP) is 1.68. The fourth-order valence-electron chi connectivity index (χ4n) is 2.89. The Morgan fingerprint density at radius 3 is 3.11 bits per heavy atom. The van der Waals surface area contributed by atoms with Gasteiger partial charge in [0, 0.05) is 18.9 Å². The largest absolute Gasteiger partial charge is 0.316 e. The molecule has 1 N–H and O–H groups in total. The van der Waals surface area contributed by atoms with E-state index in [0.29, 0.717) is 24.5 Å². The Balaban J connectivity index is 1.75. The molecule has 19 heavy (non-hydrogen) atoms. The van der Waals surface area contributed by atoms with Gasteiger partial charge in [0.1, 0.15) is 5.78 Å². The number of hydrogen-bond donors (Lipinski definition) is 1. The van der Waals surface area contributed by atoms with Crippen LogP contribution in [0.3, 0.4) is 0 Å². The van der Waals surface area contributed by atoms with Gasteiger partial charge in [0.25, 0.3) is 0 Å². The molecule has 1 saturated heterocycles. The van der Waals surface area contributed by atoms with E-state index in [0.717, 1.165) is 36.1 Å². The summed E-state index contributed by atoms with van der Waals surface area (Å²) in [5.41, 5.74) is 2.00. The molecule has 4 heteroatoms. The number of hydrogen-bond acceptors (Lipinski definition) is 3. The molecular weight excluding hydrogens is 238 g/mol. The number of carbonyl (C=O) groups excluding carboxylic acids is 1. The highest BCUT2D eigenvalue weighted by Gasteiger charge is 2.19. The SMILES string of the molecule is Cn1nc(CC(=O)CC2CCNC2)c2ccccc21. The van der Waals surface area contributed by atoms with Crippen LogP contribution in [-0.2, 0) is 18.3 Å². The first-order valence-electron chi connectivity index (χ1n) is 6.87. The molecule has 100 valence electrons. The van der Waals surface area contributed by atoms with Crippen LogP contribution in [0, 0.1) is 5.92 Å². The van der Waals surface area contributed by atoms with Crippen molar-refractivity contribution in [3.63, 3.8) is 0 Å². The first-order valence-corrected chi connectivity index (χ1v) is 6.87. The van der Waals surface area contributed by atoms with Crippen LogP contribution in [-0.4, -0.2) is 28.7 Å². The van der Waals surface area contributed by atoms with Crippen molar-refractivity contribution in [2.45, 2.75) is 19.3 Å². The number of aryl methyl sites for hydroxylation is 1. The Kier molecular flexibility index (Phi) is 3.34. The summed E-state index contributed by atoms with van der Waals surface area (Å²) in [6.07, 6.45) is 2.25. The van der Waals surface area contributed by atoms with E-state index < -0.39 is 0 Å². The van der Waals surface area contributed by atoms with Crippen LogP contribution >= 0.6 is 0 Å². The summed E-state index contributed by atoms with van der Waals surface area (Å²) < 4.78 is 1.86. The summed E-state index contributed by atoms with van der Waals surface area (Å²) in [7, 11) is 1.93. The number of Topliss-reactive ketones (excluding diaryl/α,β-unsaturated/α-hetero) is 1. The Morgan fingerprint density at radius 1 is 1.47 bits per heavy atom. The highest BCUT2D eigenvalue weighted by molar-refractivity contribution is 5.88.